The molecule has 3 aromatic rings. The Morgan fingerprint density at radius 3 is 2.08 bits per heavy atom. The van der Waals surface area contributed by atoms with E-state index in [0.717, 1.165) is 11.1 Å². The van der Waals surface area contributed by atoms with Gasteiger partial charge in [-0.2, -0.15) is 0 Å². The first-order valence-corrected chi connectivity index (χ1v) is 11.3. The molecule has 3 rings (SSSR count). The van der Waals surface area contributed by atoms with Gasteiger partial charge in [-0.3, -0.25) is 10.1 Å². The van der Waals surface area contributed by atoms with E-state index in [-0.39, 0.29) is 17.9 Å². The van der Waals surface area contributed by atoms with Gasteiger partial charge in [0.25, 0.3) is 5.69 Å². The van der Waals surface area contributed by atoms with Crippen LogP contribution in [0, 0.1) is 10.1 Å². The molecular formula is C27H28N2O7. The number of nitro groups is 1. The van der Waals surface area contributed by atoms with E-state index in [0.29, 0.717) is 12.4 Å². The number of carbonyl (C=O) groups is 2. The van der Waals surface area contributed by atoms with Crippen LogP contribution >= 0.6 is 0 Å². The molecule has 0 radical (unpaired) electrons. The molecule has 1 atom stereocenters. The Morgan fingerprint density at radius 1 is 0.889 bits per heavy atom. The predicted molar refractivity (Wildman–Crippen MR) is 133 cm³/mol. The molecule has 1 amide bonds. The van der Waals surface area contributed by atoms with Crippen LogP contribution < -0.4 is 14.8 Å². The molecule has 3 aromatic carbocycles. The Bertz CT molecular complexity index is 1170. The SMILES string of the molecule is CC(C)(C)OC(=O)N[C@@H](Cc1ccc(OCc2ccccc2)cc1)C(=O)Oc1ccc([N+](=O)[O-])cc1. The Balaban J connectivity index is 1.68. The van der Waals surface area contributed by atoms with Gasteiger partial charge in [0.15, 0.2) is 0 Å². The summed E-state index contributed by atoms with van der Waals surface area (Å²) in [6, 6.07) is 20.9. The minimum atomic E-state index is -1.06. The van der Waals surface area contributed by atoms with Crippen LogP contribution in [-0.2, 0) is 22.6 Å². The molecule has 0 aliphatic rings. The number of carbonyl (C=O) groups excluding carboxylic acids is 2. The van der Waals surface area contributed by atoms with Crippen molar-refractivity contribution in [3.8, 4) is 11.5 Å². The van der Waals surface area contributed by atoms with Crippen LogP contribution in [0.5, 0.6) is 11.5 Å². The van der Waals surface area contributed by atoms with Crippen LogP contribution in [0.3, 0.4) is 0 Å². The minimum absolute atomic E-state index is 0.117. The van der Waals surface area contributed by atoms with Crippen LogP contribution in [0.25, 0.3) is 0 Å². The zero-order valence-corrected chi connectivity index (χ0v) is 20.3. The van der Waals surface area contributed by atoms with Gasteiger partial charge in [-0.15, -0.1) is 0 Å². The number of alkyl carbamates (subject to hydrolysis) is 1. The van der Waals surface area contributed by atoms with E-state index in [2.05, 4.69) is 5.32 Å². The molecule has 0 bridgehead atoms. The van der Waals surface area contributed by atoms with Crippen molar-refractivity contribution in [3.05, 3.63) is 100 Å². The van der Waals surface area contributed by atoms with E-state index in [1.807, 2.05) is 30.3 Å². The van der Waals surface area contributed by atoms with Gasteiger partial charge >= 0.3 is 12.1 Å². The fourth-order valence-electron chi connectivity index (χ4n) is 3.16. The predicted octanol–water partition coefficient (Wildman–Crippen LogP) is 5.22. The topological polar surface area (TPSA) is 117 Å². The molecular weight excluding hydrogens is 464 g/mol. The van der Waals surface area contributed by atoms with Crippen molar-refractivity contribution in [3.63, 3.8) is 0 Å². The molecule has 0 saturated carbocycles. The van der Waals surface area contributed by atoms with E-state index in [1.54, 1.807) is 45.0 Å². The quantitative estimate of drug-likeness (QED) is 0.188. The fourth-order valence-corrected chi connectivity index (χ4v) is 3.16. The average Bonchev–Trinajstić information content (AvgIpc) is 2.83. The lowest BCUT2D eigenvalue weighted by atomic mass is 10.1. The van der Waals surface area contributed by atoms with E-state index >= 15 is 0 Å². The number of amides is 1. The molecule has 0 saturated heterocycles. The van der Waals surface area contributed by atoms with Crippen molar-refractivity contribution in [2.75, 3.05) is 0 Å². The second kappa shape index (κ2) is 11.8. The van der Waals surface area contributed by atoms with E-state index in [4.69, 9.17) is 14.2 Å². The van der Waals surface area contributed by atoms with Crippen molar-refractivity contribution in [2.24, 2.45) is 0 Å². The summed E-state index contributed by atoms with van der Waals surface area (Å²) in [6.07, 6.45) is -0.639. The number of nitro benzene ring substituents is 1. The number of esters is 1. The Labute approximate surface area is 209 Å². The third-order valence-electron chi connectivity index (χ3n) is 4.85. The molecule has 9 nitrogen and oxygen atoms in total. The standard InChI is InChI=1S/C27H28N2O7/c1-27(2,3)36-26(31)28-24(25(30)35-23-15-11-21(12-16-23)29(32)33)17-19-9-13-22(14-10-19)34-18-20-7-5-4-6-8-20/h4-16,24H,17-18H2,1-3H3,(H,28,31)/t24-/m0/s1. The lowest BCUT2D eigenvalue weighted by Crippen LogP contribution is -2.46. The average molecular weight is 493 g/mol. The summed E-state index contributed by atoms with van der Waals surface area (Å²) >= 11 is 0. The number of rotatable bonds is 9. The number of benzene rings is 3. The third kappa shape index (κ3) is 8.43. The van der Waals surface area contributed by atoms with Gasteiger partial charge < -0.3 is 19.5 Å². The van der Waals surface area contributed by atoms with E-state index in [1.165, 1.54) is 24.3 Å². The maximum absolute atomic E-state index is 12.9. The summed E-state index contributed by atoms with van der Waals surface area (Å²) in [5.74, 6) is 0.0399. The molecule has 0 aliphatic heterocycles. The van der Waals surface area contributed by atoms with Crippen molar-refractivity contribution >= 4 is 17.7 Å². The number of ether oxygens (including phenoxy) is 3. The molecule has 0 spiro atoms. The third-order valence-corrected chi connectivity index (χ3v) is 4.85. The first-order chi connectivity index (χ1) is 17.1. The van der Waals surface area contributed by atoms with Gasteiger partial charge in [0.1, 0.15) is 29.7 Å². The lowest BCUT2D eigenvalue weighted by Gasteiger charge is -2.23. The van der Waals surface area contributed by atoms with Crippen molar-refractivity contribution in [1.29, 1.82) is 0 Å². The molecule has 36 heavy (non-hydrogen) atoms. The molecule has 0 unspecified atom stereocenters. The van der Waals surface area contributed by atoms with Crippen molar-refractivity contribution in [2.45, 2.75) is 45.4 Å². The molecule has 0 fully saturated rings. The van der Waals surface area contributed by atoms with Crippen LogP contribution in [-0.4, -0.2) is 28.6 Å². The summed E-state index contributed by atoms with van der Waals surface area (Å²) in [4.78, 5) is 35.6. The summed E-state index contributed by atoms with van der Waals surface area (Å²) < 4.78 is 16.5. The number of non-ortho nitro benzene ring substituents is 1. The highest BCUT2D eigenvalue weighted by atomic mass is 16.6. The maximum atomic E-state index is 12.9. The normalized spacial score (nSPS) is 11.8. The summed E-state index contributed by atoms with van der Waals surface area (Å²) in [7, 11) is 0. The van der Waals surface area contributed by atoms with Gasteiger partial charge in [-0.1, -0.05) is 42.5 Å². The number of nitrogens with zero attached hydrogens (tertiary/aromatic N) is 1. The summed E-state index contributed by atoms with van der Waals surface area (Å²) in [6.45, 7) is 5.56. The number of hydrogen-bond acceptors (Lipinski definition) is 7. The van der Waals surface area contributed by atoms with Gasteiger partial charge in [-0.25, -0.2) is 9.59 Å². The van der Waals surface area contributed by atoms with Crippen molar-refractivity contribution in [1.82, 2.24) is 5.32 Å². The van der Waals surface area contributed by atoms with Crippen molar-refractivity contribution < 1.29 is 28.7 Å². The zero-order chi connectivity index (χ0) is 26.1. The molecule has 1 N–H and O–H groups in total. The van der Waals surface area contributed by atoms with Gasteiger partial charge in [0, 0.05) is 18.6 Å². The zero-order valence-electron chi connectivity index (χ0n) is 20.3. The fraction of sp³-hybridized carbons (Fsp3) is 0.259. The highest BCUT2D eigenvalue weighted by molar-refractivity contribution is 5.83. The molecule has 188 valence electrons. The monoisotopic (exact) mass is 492 g/mol. The van der Waals surface area contributed by atoms with Crippen LogP contribution in [0.15, 0.2) is 78.9 Å². The van der Waals surface area contributed by atoms with Gasteiger partial charge in [0.05, 0.1) is 4.92 Å². The molecule has 9 heteroatoms. The first kappa shape index (κ1) is 26.2. The van der Waals surface area contributed by atoms with Gasteiger partial charge in [-0.05, 0) is 56.2 Å². The Morgan fingerprint density at radius 2 is 1.50 bits per heavy atom. The lowest BCUT2D eigenvalue weighted by molar-refractivity contribution is -0.384. The summed E-state index contributed by atoms with van der Waals surface area (Å²) in [5.41, 5.74) is 0.906. The van der Waals surface area contributed by atoms with E-state index in [9.17, 15) is 19.7 Å². The Hall–Kier alpha value is -4.40. The smallest absolute Gasteiger partial charge is 0.408 e. The highest BCUT2D eigenvalue weighted by Gasteiger charge is 2.26. The number of nitrogens with one attached hydrogen (secondary N) is 1. The van der Waals surface area contributed by atoms with Crippen LogP contribution in [0.2, 0.25) is 0 Å². The minimum Gasteiger partial charge on any atom is -0.489 e. The molecule has 0 heterocycles. The second-order valence-electron chi connectivity index (χ2n) is 8.99. The van der Waals surface area contributed by atoms with Crippen LogP contribution in [0.4, 0.5) is 10.5 Å². The largest absolute Gasteiger partial charge is 0.489 e. The van der Waals surface area contributed by atoms with Gasteiger partial charge in [0.2, 0.25) is 0 Å². The maximum Gasteiger partial charge on any atom is 0.408 e. The van der Waals surface area contributed by atoms with Crippen LogP contribution in [0.1, 0.15) is 31.9 Å². The second-order valence-corrected chi connectivity index (χ2v) is 8.99. The summed E-state index contributed by atoms with van der Waals surface area (Å²) in [5, 5.41) is 13.4. The van der Waals surface area contributed by atoms with E-state index < -0.39 is 28.6 Å². The number of hydrogen-bond donors (Lipinski definition) is 1. The molecule has 0 aromatic heterocycles. The molecule has 0 aliphatic carbocycles. The first-order valence-electron chi connectivity index (χ1n) is 11.3. The Kier molecular flexibility index (Phi) is 8.61. The highest BCUT2D eigenvalue weighted by Crippen LogP contribution is 2.20.